The normalized spacial score (nSPS) is 47.9. The molecule has 0 aromatic heterocycles. The Kier molecular flexibility index (Phi) is 2.54. The molecule has 1 fully saturated rings. The summed E-state index contributed by atoms with van der Waals surface area (Å²) in [5.74, 6) is 0. The number of nitrogens with one attached hydrogen (secondary N) is 2. The molecule has 4 nitrogen and oxygen atoms in total. The van der Waals surface area contributed by atoms with Gasteiger partial charge in [0, 0.05) is 12.1 Å². The Hall–Kier alpha value is -1.10. The van der Waals surface area contributed by atoms with Crippen molar-refractivity contribution >= 4 is 0 Å². The summed E-state index contributed by atoms with van der Waals surface area (Å²) < 4.78 is 0. The first-order valence-corrected chi connectivity index (χ1v) is 4.76. The Bertz CT molecular complexity index is 281. The lowest BCUT2D eigenvalue weighted by Crippen LogP contribution is -2.74. The van der Waals surface area contributed by atoms with Gasteiger partial charge in [-0.1, -0.05) is 0 Å². The van der Waals surface area contributed by atoms with E-state index in [-0.39, 0.29) is 12.1 Å². The second-order valence-corrected chi connectivity index (χ2v) is 4.36. The van der Waals surface area contributed by atoms with Crippen LogP contribution in [-0.2, 0) is 0 Å². The first-order chi connectivity index (χ1) is 6.38. The SMILES string of the molecule is CC1NC(C)(C#N)C(C)NC1(C)C#N. The van der Waals surface area contributed by atoms with E-state index in [0.29, 0.717) is 0 Å². The van der Waals surface area contributed by atoms with E-state index in [1.807, 2.05) is 27.7 Å². The highest BCUT2D eigenvalue weighted by Crippen LogP contribution is 2.23. The van der Waals surface area contributed by atoms with Crippen LogP contribution < -0.4 is 10.6 Å². The highest BCUT2D eigenvalue weighted by atomic mass is 15.2. The maximum atomic E-state index is 9.05. The summed E-state index contributed by atoms with van der Waals surface area (Å²) in [4.78, 5) is 0. The van der Waals surface area contributed by atoms with Crippen molar-refractivity contribution in [1.29, 1.82) is 10.5 Å². The fourth-order valence-electron chi connectivity index (χ4n) is 1.70. The maximum absolute atomic E-state index is 9.05. The number of piperazine rings is 1. The van der Waals surface area contributed by atoms with Gasteiger partial charge in [-0.2, -0.15) is 10.5 Å². The molecule has 4 atom stereocenters. The third-order valence-electron chi connectivity index (χ3n) is 3.23. The molecular weight excluding hydrogens is 176 g/mol. The topological polar surface area (TPSA) is 71.6 Å². The molecule has 0 amide bonds. The minimum absolute atomic E-state index is 0.0478. The van der Waals surface area contributed by atoms with Gasteiger partial charge in [-0.25, -0.2) is 0 Å². The minimum atomic E-state index is -0.601. The average molecular weight is 192 g/mol. The fraction of sp³-hybridized carbons (Fsp3) is 0.800. The van der Waals surface area contributed by atoms with Crippen molar-refractivity contribution in [2.75, 3.05) is 0 Å². The second kappa shape index (κ2) is 3.24. The molecule has 2 N–H and O–H groups in total. The molecule has 4 unspecified atom stereocenters. The maximum Gasteiger partial charge on any atom is 0.119 e. The van der Waals surface area contributed by atoms with Crippen LogP contribution in [0.1, 0.15) is 27.7 Å². The van der Waals surface area contributed by atoms with Crippen LogP contribution in [0, 0.1) is 22.7 Å². The summed E-state index contributed by atoms with van der Waals surface area (Å²) in [7, 11) is 0. The van der Waals surface area contributed by atoms with Gasteiger partial charge in [0.2, 0.25) is 0 Å². The molecule has 14 heavy (non-hydrogen) atoms. The first kappa shape index (κ1) is 11.0. The molecule has 0 aromatic rings. The van der Waals surface area contributed by atoms with E-state index in [0.717, 1.165) is 0 Å². The minimum Gasteiger partial charge on any atom is -0.293 e. The molecule has 4 heteroatoms. The van der Waals surface area contributed by atoms with Crippen molar-refractivity contribution in [2.45, 2.75) is 50.9 Å². The van der Waals surface area contributed by atoms with Crippen LogP contribution >= 0.6 is 0 Å². The number of hydrogen-bond donors (Lipinski definition) is 2. The van der Waals surface area contributed by atoms with Gasteiger partial charge in [0.05, 0.1) is 12.1 Å². The number of rotatable bonds is 0. The Morgan fingerprint density at radius 2 is 1.21 bits per heavy atom. The highest BCUT2D eigenvalue weighted by molar-refractivity contribution is 5.23. The van der Waals surface area contributed by atoms with Crippen LogP contribution in [-0.4, -0.2) is 23.2 Å². The molecule has 1 rings (SSSR count). The molecule has 0 bridgehead atoms. The van der Waals surface area contributed by atoms with E-state index in [9.17, 15) is 0 Å². The summed E-state index contributed by atoms with van der Waals surface area (Å²) in [5.41, 5.74) is -1.20. The molecule has 1 saturated heterocycles. The Morgan fingerprint density at radius 3 is 1.43 bits per heavy atom. The summed E-state index contributed by atoms with van der Waals surface area (Å²) in [5, 5.41) is 24.5. The second-order valence-electron chi connectivity index (χ2n) is 4.36. The van der Waals surface area contributed by atoms with Crippen molar-refractivity contribution in [3.05, 3.63) is 0 Å². The molecule has 76 valence electrons. The van der Waals surface area contributed by atoms with Gasteiger partial charge in [-0.15, -0.1) is 0 Å². The molecule has 1 aliphatic rings. The average Bonchev–Trinajstić information content (AvgIpc) is 2.15. The van der Waals surface area contributed by atoms with E-state index in [4.69, 9.17) is 10.5 Å². The van der Waals surface area contributed by atoms with Crippen molar-refractivity contribution in [3.63, 3.8) is 0 Å². The van der Waals surface area contributed by atoms with Crippen molar-refractivity contribution < 1.29 is 0 Å². The molecule has 0 aliphatic carbocycles. The van der Waals surface area contributed by atoms with Crippen LogP contribution in [0.15, 0.2) is 0 Å². The monoisotopic (exact) mass is 192 g/mol. The lowest BCUT2D eigenvalue weighted by Gasteiger charge is -2.47. The smallest absolute Gasteiger partial charge is 0.119 e. The zero-order chi connectivity index (χ0) is 11.0. The van der Waals surface area contributed by atoms with Crippen LogP contribution in [0.4, 0.5) is 0 Å². The Labute approximate surface area is 84.9 Å². The molecule has 1 aliphatic heterocycles. The molecule has 0 aromatic carbocycles. The molecule has 0 saturated carbocycles. The quantitative estimate of drug-likeness (QED) is 0.587. The van der Waals surface area contributed by atoms with Crippen molar-refractivity contribution in [2.24, 2.45) is 0 Å². The Morgan fingerprint density at radius 1 is 0.929 bits per heavy atom. The Balaban J connectivity index is 2.96. The van der Waals surface area contributed by atoms with E-state index in [1.54, 1.807) is 0 Å². The van der Waals surface area contributed by atoms with E-state index >= 15 is 0 Å². The summed E-state index contributed by atoms with van der Waals surface area (Å²) in [6.07, 6.45) is 0. The van der Waals surface area contributed by atoms with Crippen molar-refractivity contribution in [1.82, 2.24) is 10.6 Å². The molecule has 1 heterocycles. The van der Waals surface area contributed by atoms with Gasteiger partial charge in [0.15, 0.2) is 0 Å². The lowest BCUT2D eigenvalue weighted by molar-refractivity contribution is 0.162. The third kappa shape index (κ3) is 1.48. The van der Waals surface area contributed by atoms with E-state index in [1.165, 1.54) is 0 Å². The van der Waals surface area contributed by atoms with E-state index in [2.05, 4.69) is 22.8 Å². The van der Waals surface area contributed by atoms with Gasteiger partial charge in [-0.05, 0) is 27.7 Å². The summed E-state index contributed by atoms with van der Waals surface area (Å²) in [6.45, 7) is 7.52. The predicted molar refractivity (Wildman–Crippen MR) is 53.2 cm³/mol. The van der Waals surface area contributed by atoms with Gasteiger partial charge >= 0.3 is 0 Å². The number of hydrogen-bond acceptors (Lipinski definition) is 4. The molecular formula is C10H16N4. The highest BCUT2D eigenvalue weighted by Gasteiger charge is 2.46. The first-order valence-electron chi connectivity index (χ1n) is 4.76. The van der Waals surface area contributed by atoms with E-state index < -0.39 is 11.1 Å². The fourth-order valence-corrected chi connectivity index (χ4v) is 1.70. The van der Waals surface area contributed by atoms with Crippen LogP contribution in [0.5, 0.6) is 0 Å². The van der Waals surface area contributed by atoms with Crippen molar-refractivity contribution in [3.8, 4) is 12.1 Å². The molecule has 0 spiro atoms. The number of nitriles is 2. The molecule has 0 radical (unpaired) electrons. The zero-order valence-electron chi connectivity index (χ0n) is 9.05. The predicted octanol–water partition coefficient (Wildman–Crippen LogP) is 0.521. The third-order valence-corrected chi connectivity index (χ3v) is 3.23. The van der Waals surface area contributed by atoms with Gasteiger partial charge in [0.1, 0.15) is 11.1 Å². The van der Waals surface area contributed by atoms with Gasteiger partial charge in [0.25, 0.3) is 0 Å². The van der Waals surface area contributed by atoms with Gasteiger partial charge in [-0.3, -0.25) is 10.6 Å². The lowest BCUT2D eigenvalue weighted by atomic mass is 9.82. The standard InChI is InChI=1S/C10H16N4/c1-7-9(3,5-11)14-8(2)10(4,6-12)13-7/h7-8,13-14H,1-4H3. The number of nitrogens with zero attached hydrogens (tertiary/aromatic N) is 2. The summed E-state index contributed by atoms with van der Waals surface area (Å²) >= 11 is 0. The largest absolute Gasteiger partial charge is 0.293 e. The van der Waals surface area contributed by atoms with Crippen LogP contribution in [0.2, 0.25) is 0 Å². The summed E-state index contributed by atoms with van der Waals surface area (Å²) in [6, 6.07) is 4.38. The van der Waals surface area contributed by atoms with Gasteiger partial charge < -0.3 is 0 Å². The van der Waals surface area contributed by atoms with Crippen LogP contribution in [0.3, 0.4) is 0 Å². The van der Waals surface area contributed by atoms with Crippen LogP contribution in [0.25, 0.3) is 0 Å². The zero-order valence-corrected chi connectivity index (χ0v) is 9.05.